The summed E-state index contributed by atoms with van der Waals surface area (Å²) in [6.07, 6.45) is 0. The molecule has 3 heterocycles. The van der Waals surface area contributed by atoms with E-state index in [-0.39, 0.29) is 0 Å². The maximum atomic E-state index is 5.06. The zero-order valence-corrected chi connectivity index (χ0v) is 26.7. The molecule has 0 bridgehead atoms. The van der Waals surface area contributed by atoms with Gasteiger partial charge in [-0.15, -0.1) is 11.3 Å². The Morgan fingerprint density at radius 1 is 0.417 bits per heavy atom. The van der Waals surface area contributed by atoms with Gasteiger partial charge >= 0.3 is 0 Å². The third-order valence-electron chi connectivity index (χ3n) is 9.40. The molecule has 0 atom stereocenters. The zero-order valence-electron chi connectivity index (χ0n) is 25.8. The van der Waals surface area contributed by atoms with Crippen molar-refractivity contribution in [3.63, 3.8) is 0 Å². The number of thiophene rings is 1. The van der Waals surface area contributed by atoms with E-state index < -0.39 is 0 Å². The van der Waals surface area contributed by atoms with E-state index in [2.05, 4.69) is 144 Å². The van der Waals surface area contributed by atoms with E-state index in [4.69, 9.17) is 9.97 Å². The van der Waals surface area contributed by atoms with Crippen molar-refractivity contribution in [1.82, 2.24) is 14.5 Å². The van der Waals surface area contributed by atoms with Crippen LogP contribution in [0.25, 0.3) is 92.3 Å². The maximum absolute atomic E-state index is 5.06. The molecule has 0 saturated heterocycles. The standard InChI is InChI=1S/C44H27N3S/c1-3-12-29(13-4-1)37-26-38(46-44(45-37)31-14-5-2-6-15-31)30-19-22-32(23-20-30)47-39-24-21-28-11-7-8-16-33(28)43(39)36-25-35-34-17-9-10-18-41(34)48-42(35)27-40(36)47/h1-27H. The van der Waals surface area contributed by atoms with Crippen LogP contribution in [0.1, 0.15) is 0 Å². The lowest BCUT2D eigenvalue weighted by Gasteiger charge is -2.11. The van der Waals surface area contributed by atoms with E-state index in [1.54, 1.807) is 0 Å². The van der Waals surface area contributed by atoms with E-state index in [9.17, 15) is 0 Å². The van der Waals surface area contributed by atoms with Gasteiger partial charge in [-0.05, 0) is 53.2 Å². The summed E-state index contributed by atoms with van der Waals surface area (Å²) in [5, 5.41) is 7.73. The van der Waals surface area contributed by atoms with E-state index in [0.29, 0.717) is 0 Å². The monoisotopic (exact) mass is 629 g/mol. The normalized spacial score (nSPS) is 11.8. The number of aromatic nitrogens is 3. The van der Waals surface area contributed by atoms with Crippen LogP contribution in [0.5, 0.6) is 0 Å². The molecule has 0 aliphatic rings. The molecule has 7 aromatic carbocycles. The van der Waals surface area contributed by atoms with Gasteiger partial charge in [0.25, 0.3) is 0 Å². The largest absolute Gasteiger partial charge is 0.309 e. The highest BCUT2D eigenvalue weighted by atomic mass is 32.1. The smallest absolute Gasteiger partial charge is 0.160 e. The molecule has 10 aromatic rings. The third kappa shape index (κ3) is 4.27. The quantitative estimate of drug-likeness (QED) is 0.194. The van der Waals surface area contributed by atoms with Crippen molar-refractivity contribution in [3.05, 3.63) is 164 Å². The van der Waals surface area contributed by atoms with Gasteiger partial charge in [-0.2, -0.15) is 0 Å². The molecule has 48 heavy (non-hydrogen) atoms. The minimum absolute atomic E-state index is 0.720. The number of hydrogen-bond acceptors (Lipinski definition) is 3. The molecule has 3 aromatic heterocycles. The molecule has 0 amide bonds. The van der Waals surface area contributed by atoms with E-state index in [1.165, 1.54) is 52.8 Å². The van der Waals surface area contributed by atoms with Crippen molar-refractivity contribution in [2.45, 2.75) is 0 Å². The summed E-state index contributed by atoms with van der Waals surface area (Å²) in [5.41, 5.74) is 8.47. The molecular weight excluding hydrogens is 603 g/mol. The van der Waals surface area contributed by atoms with Gasteiger partial charge in [0, 0.05) is 53.3 Å². The Morgan fingerprint density at radius 2 is 1.06 bits per heavy atom. The summed E-state index contributed by atoms with van der Waals surface area (Å²) in [6.45, 7) is 0. The Kier molecular flexibility index (Phi) is 6.05. The van der Waals surface area contributed by atoms with Crippen molar-refractivity contribution in [3.8, 4) is 39.6 Å². The summed E-state index contributed by atoms with van der Waals surface area (Å²) in [6, 6.07) is 58.3. The number of nitrogens with zero attached hydrogens (tertiary/aromatic N) is 3. The highest BCUT2D eigenvalue weighted by Crippen LogP contribution is 2.42. The predicted octanol–water partition coefficient (Wildman–Crippen LogP) is 12.1. The van der Waals surface area contributed by atoms with Crippen LogP contribution in [0, 0.1) is 0 Å². The molecule has 0 aliphatic carbocycles. The van der Waals surface area contributed by atoms with Crippen LogP contribution in [0.4, 0.5) is 0 Å². The maximum Gasteiger partial charge on any atom is 0.160 e. The first kappa shape index (κ1) is 27.1. The second-order valence-corrected chi connectivity index (χ2v) is 13.3. The highest BCUT2D eigenvalue weighted by molar-refractivity contribution is 7.25. The van der Waals surface area contributed by atoms with Gasteiger partial charge in [0.15, 0.2) is 5.82 Å². The minimum Gasteiger partial charge on any atom is -0.309 e. The lowest BCUT2D eigenvalue weighted by Crippen LogP contribution is -1.97. The Labute approximate surface area is 281 Å². The van der Waals surface area contributed by atoms with Gasteiger partial charge in [-0.3, -0.25) is 0 Å². The Balaban J connectivity index is 1.18. The number of rotatable bonds is 4. The first-order chi connectivity index (χ1) is 23.8. The summed E-state index contributed by atoms with van der Waals surface area (Å²) >= 11 is 1.87. The molecule has 0 N–H and O–H groups in total. The summed E-state index contributed by atoms with van der Waals surface area (Å²) < 4.78 is 5.05. The molecular formula is C44H27N3S. The molecule has 0 radical (unpaired) electrons. The van der Waals surface area contributed by atoms with Crippen molar-refractivity contribution >= 4 is 64.1 Å². The minimum atomic E-state index is 0.720. The predicted molar refractivity (Wildman–Crippen MR) is 203 cm³/mol. The molecule has 0 saturated carbocycles. The Bertz CT molecular complexity index is 2760. The van der Waals surface area contributed by atoms with Crippen LogP contribution in [-0.2, 0) is 0 Å². The topological polar surface area (TPSA) is 30.7 Å². The molecule has 0 spiro atoms. The van der Waals surface area contributed by atoms with Crippen LogP contribution in [0.3, 0.4) is 0 Å². The molecule has 4 heteroatoms. The lowest BCUT2D eigenvalue weighted by molar-refractivity contribution is 1.17. The van der Waals surface area contributed by atoms with Gasteiger partial charge in [0.05, 0.1) is 22.4 Å². The lowest BCUT2D eigenvalue weighted by atomic mass is 10.0. The average Bonchev–Trinajstić information content (AvgIpc) is 3.69. The molecule has 0 unspecified atom stereocenters. The Hall–Kier alpha value is -6.10. The number of benzene rings is 7. The fourth-order valence-corrected chi connectivity index (χ4v) is 8.25. The van der Waals surface area contributed by atoms with E-state index in [1.807, 2.05) is 35.6 Å². The van der Waals surface area contributed by atoms with Crippen molar-refractivity contribution in [2.75, 3.05) is 0 Å². The van der Waals surface area contributed by atoms with Crippen molar-refractivity contribution in [1.29, 1.82) is 0 Å². The van der Waals surface area contributed by atoms with Crippen LogP contribution in [0.15, 0.2) is 164 Å². The second-order valence-electron chi connectivity index (χ2n) is 12.2. The van der Waals surface area contributed by atoms with Gasteiger partial charge in [0.1, 0.15) is 0 Å². The summed E-state index contributed by atoms with van der Waals surface area (Å²) in [5.74, 6) is 0.720. The van der Waals surface area contributed by atoms with Gasteiger partial charge in [-0.1, -0.05) is 121 Å². The number of hydrogen-bond donors (Lipinski definition) is 0. The van der Waals surface area contributed by atoms with Gasteiger partial charge in [-0.25, -0.2) is 9.97 Å². The third-order valence-corrected chi connectivity index (χ3v) is 10.5. The first-order valence-electron chi connectivity index (χ1n) is 16.2. The molecule has 10 rings (SSSR count). The average molecular weight is 630 g/mol. The van der Waals surface area contributed by atoms with E-state index >= 15 is 0 Å². The van der Waals surface area contributed by atoms with Crippen LogP contribution in [-0.4, -0.2) is 14.5 Å². The van der Waals surface area contributed by atoms with Crippen LogP contribution >= 0.6 is 11.3 Å². The first-order valence-corrected chi connectivity index (χ1v) is 17.0. The second kappa shape index (κ2) is 10.7. The zero-order chi connectivity index (χ0) is 31.6. The summed E-state index contributed by atoms with van der Waals surface area (Å²) in [4.78, 5) is 10.0. The SMILES string of the molecule is c1ccc(-c2cc(-c3ccc(-n4c5cc6sc7ccccc7c6cc5c5c6ccccc6ccc54)cc3)nc(-c3ccccc3)n2)cc1. The highest BCUT2D eigenvalue weighted by Gasteiger charge is 2.18. The molecule has 0 fully saturated rings. The van der Waals surface area contributed by atoms with Gasteiger partial charge < -0.3 is 4.57 Å². The molecule has 224 valence electrons. The fourth-order valence-electron chi connectivity index (χ4n) is 7.13. The van der Waals surface area contributed by atoms with E-state index in [0.717, 1.165) is 39.6 Å². The number of fused-ring (bicyclic) bond motifs is 8. The van der Waals surface area contributed by atoms with Crippen molar-refractivity contribution in [2.24, 2.45) is 0 Å². The Morgan fingerprint density at radius 3 is 1.83 bits per heavy atom. The van der Waals surface area contributed by atoms with Gasteiger partial charge in [0.2, 0.25) is 0 Å². The molecule has 3 nitrogen and oxygen atoms in total. The fraction of sp³-hybridized carbons (Fsp3) is 0. The van der Waals surface area contributed by atoms with Crippen LogP contribution < -0.4 is 0 Å². The van der Waals surface area contributed by atoms with Crippen molar-refractivity contribution < 1.29 is 0 Å². The molecule has 0 aliphatic heterocycles. The van der Waals surface area contributed by atoms with Crippen LogP contribution in [0.2, 0.25) is 0 Å². The summed E-state index contributed by atoms with van der Waals surface area (Å²) in [7, 11) is 0.